The Bertz CT molecular complexity index is 1490. The van der Waals surface area contributed by atoms with E-state index in [4.69, 9.17) is 4.98 Å². The molecule has 1 aromatic carbocycles. The van der Waals surface area contributed by atoms with Gasteiger partial charge in [-0.15, -0.1) is 16.4 Å². The van der Waals surface area contributed by atoms with E-state index in [2.05, 4.69) is 25.4 Å². The number of nitrogens with one attached hydrogen (secondary N) is 2. The highest BCUT2D eigenvalue weighted by molar-refractivity contribution is 7.17. The molecule has 33 heavy (non-hydrogen) atoms. The maximum Gasteiger partial charge on any atom is 0.252 e. The number of aromatic amines is 1. The molecule has 0 atom stereocenters. The van der Waals surface area contributed by atoms with E-state index in [1.165, 1.54) is 16.9 Å². The highest BCUT2D eigenvalue weighted by Gasteiger charge is 2.25. The molecule has 1 amide bonds. The summed E-state index contributed by atoms with van der Waals surface area (Å²) < 4.78 is 1.68. The number of carbonyl (C=O) groups excluding carboxylic acids is 1. The van der Waals surface area contributed by atoms with Crippen LogP contribution in [0, 0.1) is 13.8 Å². The third kappa shape index (κ3) is 3.58. The van der Waals surface area contributed by atoms with Crippen LogP contribution in [0.3, 0.4) is 0 Å². The Kier molecular flexibility index (Phi) is 4.72. The molecule has 0 unspecified atom stereocenters. The van der Waals surface area contributed by atoms with Crippen LogP contribution in [0.5, 0.6) is 0 Å². The standard InChI is InChI=1S/C24H23N7OS/c1-13-11-14(2)31-24(25-13)28-19(30-31)12-20(32)29-23-21(15-7-3-6-10-18(15)33-23)22-26-16-8-4-5-9-17(16)27-22/h4-5,8-9,11H,3,6-7,10,12H2,1-2H3,(H,26,27)(H,29,32). The van der Waals surface area contributed by atoms with Crippen molar-refractivity contribution in [2.45, 2.75) is 46.0 Å². The summed E-state index contributed by atoms with van der Waals surface area (Å²) in [7, 11) is 0. The maximum absolute atomic E-state index is 13.0. The molecule has 1 aliphatic rings. The van der Waals surface area contributed by atoms with Crippen LogP contribution in [0.15, 0.2) is 30.3 Å². The van der Waals surface area contributed by atoms with E-state index in [1.807, 2.05) is 44.2 Å². The first kappa shape index (κ1) is 20.0. The second-order valence-electron chi connectivity index (χ2n) is 8.52. The molecule has 4 aromatic heterocycles. The van der Waals surface area contributed by atoms with E-state index < -0.39 is 0 Å². The number of H-pyrrole nitrogens is 1. The van der Waals surface area contributed by atoms with Crippen LogP contribution >= 0.6 is 11.3 Å². The van der Waals surface area contributed by atoms with Crippen molar-refractivity contribution in [3.8, 4) is 11.4 Å². The van der Waals surface area contributed by atoms with Gasteiger partial charge in [0.25, 0.3) is 5.78 Å². The number of fused-ring (bicyclic) bond motifs is 3. The molecule has 0 spiro atoms. The van der Waals surface area contributed by atoms with Crippen molar-refractivity contribution in [2.24, 2.45) is 0 Å². The van der Waals surface area contributed by atoms with Crippen molar-refractivity contribution in [2.75, 3.05) is 5.32 Å². The van der Waals surface area contributed by atoms with Crippen molar-refractivity contribution in [3.63, 3.8) is 0 Å². The summed E-state index contributed by atoms with van der Waals surface area (Å²) in [6.07, 6.45) is 4.47. The summed E-state index contributed by atoms with van der Waals surface area (Å²) in [4.78, 5) is 31.5. The lowest BCUT2D eigenvalue weighted by Gasteiger charge is -2.11. The molecule has 6 rings (SSSR count). The third-order valence-electron chi connectivity index (χ3n) is 6.03. The summed E-state index contributed by atoms with van der Waals surface area (Å²) in [6.45, 7) is 3.88. The van der Waals surface area contributed by atoms with Gasteiger partial charge in [-0.05, 0) is 63.3 Å². The van der Waals surface area contributed by atoms with E-state index >= 15 is 0 Å². The first-order valence-electron chi connectivity index (χ1n) is 11.1. The normalized spacial score (nSPS) is 13.5. The highest BCUT2D eigenvalue weighted by atomic mass is 32.1. The molecule has 4 heterocycles. The number of aromatic nitrogens is 6. The van der Waals surface area contributed by atoms with Gasteiger partial charge >= 0.3 is 0 Å². The molecule has 166 valence electrons. The summed E-state index contributed by atoms with van der Waals surface area (Å²) in [5.74, 6) is 1.65. The molecule has 8 nitrogen and oxygen atoms in total. The quantitative estimate of drug-likeness (QED) is 0.416. The number of imidazole rings is 1. The average Bonchev–Trinajstić information content (AvgIpc) is 3.47. The number of aryl methyl sites for hydroxylation is 3. The Morgan fingerprint density at radius 3 is 2.88 bits per heavy atom. The predicted molar refractivity (Wildman–Crippen MR) is 129 cm³/mol. The van der Waals surface area contributed by atoms with Crippen LogP contribution in [0.1, 0.15) is 40.5 Å². The molecule has 0 saturated carbocycles. The molecule has 1 aliphatic carbocycles. The van der Waals surface area contributed by atoms with Crippen molar-refractivity contribution in [1.82, 2.24) is 29.5 Å². The second kappa shape index (κ2) is 7.77. The lowest BCUT2D eigenvalue weighted by Crippen LogP contribution is -2.15. The lowest BCUT2D eigenvalue weighted by molar-refractivity contribution is -0.115. The van der Waals surface area contributed by atoms with E-state index in [-0.39, 0.29) is 12.3 Å². The number of hydrogen-bond acceptors (Lipinski definition) is 6. The Hall–Kier alpha value is -3.59. The molecule has 5 aromatic rings. The summed E-state index contributed by atoms with van der Waals surface area (Å²) in [5.41, 5.74) is 6.06. The fourth-order valence-electron chi connectivity index (χ4n) is 4.57. The number of carbonyl (C=O) groups is 1. The summed E-state index contributed by atoms with van der Waals surface area (Å²) >= 11 is 1.66. The number of rotatable bonds is 4. The van der Waals surface area contributed by atoms with Crippen LogP contribution in [-0.4, -0.2) is 35.5 Å². The van der Waals surface area contributed by atoms with E-state index in [1.54, 1.807) is 15.9 Å². The van der Waals surface area contributed by atoms with E-state index in [0.29, 0.717) is 11.6 Å². The van der Waals surface area contributed by atoms with Gasteiger partial charge in [-0.25, -0.2) is 14.5 Å². The first-order valence-corrected chi connectivity index (χ1v) is 12.0. The number of amides is 1. The second-order valence-corrected chi connectivity index (χ2v) is 9.63. The number of benzene rings is 1. The summed E-state index contributed by atoms with van der Waals surface area (Å²) in [5, 5.41) is 8.46. The number of thiophene rings is 1. The van der Waals surface area contributed by atoms with Crippen LogP contribution in [-0.2, 0) is 24.1 Å². The van der Waals surface area contributed by atoms with E-state index in [0.717, 1.165) is 58.1 Å². The molecule has 0 aliphatic heterocycles. The highest BCUT2D eigenvalue weighted by Crippen LogP contribution is 2.43. The number of anilines is 1. The average molecular weight is 458 g/mol. The van der Waals surface area contributed by atoms with Gasteiger partial charge < -0.3 is 10.3 Å². The Morgan fingerprint density at radius 2 is 2.00 bits per heavy atom. The Morgan fingerprint density at radius 1 is 1.15 bits per heavy atom. The van der Waals surface area contributed by atoms with Gasteiger partial charge in [0, 0.05) is 16.3 Å². The largest absolute Gasteiger partial charge is 0.338 e. The monoisotopic (exact) mass is 457 g/mol. The zero-order valence-electron chi connectivity index (χ0n) is 18.5. The van der Waals surface area contributed by atoms with Gasteiger partial charge in [0.05, 0.1) is 23.0 Å². The van der Waals surface area contributed by atoms with Crippen molar-refractivity contribution in [3.05, 3.63) is 58.0 Å². The first-order chi connectivity index (χ1) is 16.0. The fourth-order valence-corrected chi connectivity index (χ4v) is 5.88. The van der Waals surface area contributed by atoms with Crippen LogP contribution < -0.4 is 5.32 Å². The van der Waals surface area contributed by atoms with Gasteiger partial charge in [-0.3, -0.25) is 4.79 Å². The minimum atomic E-state index is -0.142. The molecular formula is C24H23N7OS. The molecule has 2 N–H and O–H groups in total. The molecule has 0 saturated heterocycles. The fraction of sp³-hybridized carbons (Fsp3) is 0.292. The molecule has 0 radical (unpaired) electrons. The topological polar surface area (TPSA) is 101 Å². The number of para-hydroxylation sites is 2. The van der Waals surface area contributed by atoms with Crippen molar-refractivity contribution < 1.29 is 4.79 Å². The third-order valence-corrected chi connectivity index (χ3v) is 7.24. The number of nitrogens with zero attached hydrogens (tertiary/aromatic N) is 5. The molecule has 0 fully saturated rings. The van der Waals surface area contributed by atoms with Crippen molar-refractivity contribution in [1.29, 1.82) is 0 Å². The minimum absolute atomic E-state index is 0.0873. The summed E-state index contributed by atoms with van der Waals surface area (Å²) in [6, 6.07) is 9.95. The Labute approximate surface area is 194 Å². The van der Waals surface area contributed by atoms with Crippen LogP contribution in [0.25, 0.3) is 28.2 Å². The molecular weight excluding hydrogens is 434 g/mol. The van der Waals surface area contributed by atoms with E-state index in [9.17, 15) is 4.79 Å². The van der Waals surface area contributed by atoms with Gasteiger partial charge in [0.2, 0.25) is 5.91 Å². The van der Waals surface area contributed by atoms with Crippen molar-refractivity contribution >= 4 is 39.1 Å². The smallest absolute Gasteiger partial charge is 0.252 e. The van der Waals surface area contributed by atoms with Crippen LogP contribution in [0.2, 0.25) is 0 Å². The van der Waals surface area contributed by atoms with Gasteiger partial charge in [0.1, 0.15) is 10.8 Å². The minimum Gasteiger partial charge on any atom is -0.338 e. The number of hydrogen-bond donors (Lipinski definition) is 2. The zero-order valence-corrected chi connectivity index (χ0v) is 19.3. The SMILES string of the molecule is Cc1cc(C)n2nc(CC(=O)Nc3sc4c(c3-c3nc5ccccc5[nH]3)CCCC4)nc2n1. The van der Waals surface area contributed by atoms with Crippen LogP contribution in [0.4, 0.5) is 5.00 Å². The Balaban J connectivity index is 1.33. The zero-order chi connectivity index (χ0) is 22.5. The lowest BCUT2D eigenvalue weighted by atomic mass is 9.95. The van der Waals surface area contributed by atoms with Gasteiger partial charge in [-0.1, -0.05) is 12.1 Å². The maximum atomic E-state index is 13.0. The van der Waals surface area contributed by atoms with Gasteiger partial charge in [0.15, 0.2) is 5.82 Å². The molecule has 9 heteroatoms. The predicted octanol–water partition coefficient (Wildman–Crippen LogP) is 4.41. The molecule has 0 bridgehead atoms. The van der Waals surface area contributed by atoms with Gasteiger partial charge in [-0.2, -0.15) is 4.98 Å².